The van der Waals surface area contributed by atoms with Gasteiger partial charge in [-0.2, -0.15) is 0 Å². The number of aromatic nitrogens is 4. The lowest BCUT2D eigenvalue weighted by Crippen LogP contribution is -2.15. The van der Waals surface area contributed by atoms with Crippen molar-refractivity contribution in [1.29, 1.82) is 0 Å². The van der Waals surface area contributed by atoms with Crippen molar-refractivity contribution in [3.8, 4) is 22.8 Å². The number of aryl methyl sites for hydroxylation is 1. The third-order valence-corrected chi connectivity index (χ3v) is 5.51. The molecule has 0 fully saturated rings. The molecule has 0 aliphatic rings. The van der Waals surface area contributed by atoms with Gasteiger partial charge < -0.3 is 10.1 Å². The lowest BCUT2D eigenvalue weighted by Gasteiger charge is -2.11. The van der Waals surface area contributed by atoms with Crippen molar-refractivity contribution in [2.45, 2.75) is 12.1 Å². The van der Waals surface area contributed by atoms with Crippen LogP contribution in [0.5, 0.6) is 5.75 Å². The molecule has 8 heteroatoms. The monoisotopic (exact) mass is 431 g/mol. The van der Waals surface area contributed by atoms with E-state index in [1.165, 1.54) is 11.8 Å². The van der Waals surface area contributed by atoms with Gasteiger partial charge in [-0.25, -0.2) is 0 Å². The van der Waals surface area contributed by atoms with Crippen LogP contribution in [0.15, 0.2) is 78.2 Å². The predicted molar refractivity (Wildman–Crippen MR) is 122 cm³/mol. The van der Waals surface area contributed by atoms with Crippen LogP contribution in [0.25, 0.3) is 17.1 Å². The number of nitrogens with one attached hydrogen (secondary N) is 1. The maximum absolute atomic E-state index is 12.6. The van der Waals surface area contributed by atoms with Gasteiger partial charge in [0.15, 0.2) is 11.0 Å². The van der Waals surface area contributed by atoms with E-state index in [0.717, 1.165) is 16.8 Å². The molecule has 0 aliphatic carbocycles. The van der Waals surface area contributed by atoms with Crippen LogP contribution < -0.4 is 10.1 Å². The fourth-order valence-electron chi connectivity index (χ4n) is 3.04. The number of nitrogens with zero attached hydrogens (tertiary/aromatic N) is 4. The van der Waals surface area contributed by atoms with Crippen molar-refractivity contribution >= 4 is 23.4 Å². The molecular formula is C23H21N5O2S. The van der Waals surface area contributed by atoms with Crippen LogP contribution in [0.1, 0.15) is 5.56 Å². The summed E-state index contributed by atoms with van der Waals surface area (Å²) in [6.45, 7) is 2.04. The Morgan fingerprint density at radius 2 is 1.77 bits per heavy atom. The average molecular weight is 432 g/mol. The number of benzene rings is 2. The Morgan fingerprint density at radius 3 is 2.52 bits per heavy atom. The van der Waals surface area contributed by atoms with Gasteiger partial charge in [0.1, 0.15) is 5.75 Å². The van der Waals surface area contributed by atoms with E-state index in [9.17, 15) is 4.79 Å². The van der Waals surface area contributed by atoms with Gasteiger partial charge in [-0.15, -0.1) is 10.2 Å². The fraction of sp³-hybridized carbons (Fsp3) is 0.130. The lowest BCUT2D eigenvalue weighted by molar-refractivity contribution is -0.113. The minimum absolute atomic E-state index is 0.154. The summed E-state index contributed by atoms with van der Waals surface area (Å²) in [4.78, 5) is 16.6. The van der Waals surface area contributed by atoms with Crippen molar-refractivity contribution in [1.82, 2.24) is 19.7 Å². The molecule has 7 nitrogen and oxygen atoms in total. The normalized spacial score (nSPS) is 10.6. The molecule has 2 aromatic carbocycles. The van der Waals surface area contributed by atoms with Crippen LogP contribution in [0, 0.1) is 6.92 Å². The van der Waals surface area contributed by atoms with Crippen LogP contribution in [0.4, 0.5) is 5.69 Å². The molecule has 4 aromatic rings. The highest BCUT2D eigenvalue weighted by atomic mass is 32.2. The summed E-state index contributed by atoms with van der Waals surface area (Å²) in [7, 11) is 1.57. The van der Waals surface area contributed by atoms with Gasteiger partial charge in [0.05, 0.1) is 18.6 Å². The number of methoxy groups -OCH3 is 1. The van der Waals surface area contributed by atoms with E-state index in [1.807, 2.05) is 60.0 Å². The van der Waals surface area contributed by atoms with Gasteiger partial charge in [0.25, 0.3) is 0 Å². The Balaban J connectivity index is 1.59. The number of rotatable bonds is 7. The average Bonchev–Trinajstić information content (AvgIpc) is 3.23. The van der Waals surface area contributed by atoms with Crippen molar-refractivity contribution in [3.63, 3.8) is 0 Å². The highest BCUT2D eigenvalue weighted by Gasteiger charge is 2.17. The van der Waals surface area contributed by atoms with Gasteiger partial charge >= 0.3 is 0 Å². The van der Waals surface area contributed by atoms with Gasteiger partial charge in [-0.3, -0.25) is 14.3 Å². The molecule has 0 bridgehead atoms. The molecule has 4 rings (SSSR count). The van der Waals surface area contributed by atoms with Crippen molar-refractivity contribution < 1.29 is 9.53 Å². The van der Waals surface area contributed by atoms with Crippen LogP contribution >= 0.6 is 11.8 Å². The SMILES string of the molecule is COc1ccccc1NC(=O)CSc1nnc(-c2ccncc2)n1-c1ccc(C)cc1. The molecule has 0 atom stereocenters. The molecule has 0 saturated heterocycles. The third-order valence-electron chi connectivity index (χ3n) is 4.58. The number of anilines is 1. The van der Waals surface area contributed by atoms with Crippen molar-refractivity contribution in [3.05, 3.63) is 78.6 Å². The number of para-hydroxylation sites is 2. The Hall–Kier alpha value is -3.65. The van der Waals surface area contributed by atoms with Crippen LogP contribution in [-0.2, 0) is 4.79 Å². The minimum atomic E-state index is -0.154. The summed E-state index contributed by atoms with van der Waals surface area (Å²) in [6, 6.07) is 19.2. The van der Waals surface area contributed by atoms with Crippen molar-refractivity contribution in [2.24, 2.45) is 0 Å². The van der Waals surface area contributed by atoms with Gasteiger partial charge in [-0.05, 0) is 43.3 Å². The standard InChI is InChI=1S/C23H21N5O2S/c1-16-7-9-18(10-8-16)28-22(17-11-13-24-14-12-17)26-27-23(28)31-15-21(29)25-19-5-3-4-6-20(19)30-2/h3-14H,15H2,1-2H3,(H,25,29). The Labute approximate surface area is 184 Å². The van der Waals surface area contributed by atoms with Gasteiger partial charge in [0.2, 0.25) is 5.91 Å². The first-order chi connectivity index (χ1) is 15.2. The first kappa shape index (κ1) is 20.6. The molecule has 0 aliphatic heterocycles. The molecule has 0 unspecified atom stereocenters. The number of hydrogen-bond acceptors (Lipinski definition) is 6. The number of carbonyl (C=O) groups is 1. The highest BCUT2D eigenvalue weighted by Crippen LogP contribution is 2.28. The largest absolute Gasteiger partial charge is 0.495 e. The zero-order valence-corrected chi connectivity index (χ0v) is 18.0. The Kier molecular flexibility index (Phi) is 6.28. The maximum Gasteiger partial charge on any atom is 0.234 e. The molecule has 0 spiro atoms. The molecule has 1 N–H and O–H groups in total. The number of thioether (sulfide) groups is 1. The summed E-state index contributed by atoms with van der Waals surface area (Å²) in [5.74, 6) is 1.33. The Morgan fingerprint density at radius 1 is 1.03 bits per heavy atom. The van der Waals surface area contributed by atoms with E-state index in [4.69, 9.17) is 4.74 Å². The molecule has 0 saturated carbocycles. The van der Waals surface area contributed by atoms with Crippen LogP contribution in [0.3, 0.4) is 0 Å². The molecule has 2 aromatic heterocycles. The quantitative estimate of drug-likeness (QED) is 0.438. The van der Waals surface area contributed by atoms with E-state index in [-0.39, 0.29) is 11.7 Å². The summed E-state index contributed by atoms with van der Waals surface area (Å²) in [5, 5.41) is 12.3. The lowest BCUT2D eigenvalue weighted by atomic mass is 10.2. The first-order valence-corrected chi connectivity index (χ1v) is 10.6. The topological polar surface area (TPSA) is 81.9 Å². The summed E-state index contributed by atoms with van der Waals surface area (Å²) in [5.41, 5.74) is 3.61. The van der Waals surface area contributed by atoms with E-state index in [2.05, 4.69) is 20.5 Å². The van der Waals surface area contributed by atoms with Crippen molar-refractivity contribution in [2.75, 3.05) is 18.2 Å². The highest BCUT2D eigenvalue weighted by molar-refractivity contribution is 7.99. The van der Waals surface area contributed by atoms with Gasteiger partial charge in [0, 0.05) is 23.6 Å². The second-order valence-electron chi connectivity index (χ2n) is 6.75. The molecule has 156 valence electrons. The van der Waals surface area contributed by atoms with Crippen LogP contribution in [0.2, 0.25) is 0 Å². The van der Waals surface area contributed by atoms with E-state index < -0.39 is 0 Å². The number of ether oxygens (including phenoxy) is 1. The zero-order chi connectivity index (χ0) is 21.6. The molecule has 0 radical (unpaired) electrons. The molecule has 2 heterocycles. The summed E-state index contributed by atoms with van der Waals surface area (Å²) >= 11 is 1.32. The molecule has 31 heavy (non-hydrogen) atoms. The second kappa shape index (κ2) is 9.44. The number of pyridine rings is 1. The summed E-state index contributed by atoms with van der Waals surface area (Å²) in [6.07, 6.45) is 3.44. The molecular weight excluding hydrogens is 410 g/mol. The predicted octanol–water partition coefficient (Wildman–Crippen LogP) is 4.38. The fourth-order valence-corrected chi connectivity index (χ4v) is 3.79. The third kappa shape index (κ3) is 4.75. The minimum Gasteiger partial charge on any atom is -0.495 e. The number of carbonyl (C=O) groups excluding carboxylic acids is 1. The smallest absolute Gasteiger partial charge is 0.234 e. The van der Waals surface area contributed by atoms with E-state index >= 15 is 0 Å². The number of hydrogen-bond donors (Lipinski definition) is 1. The van der Waals surface area contributed by atoms with Crippen LogP contribution in [-0.4, -0.2) is 38.5 Å². The second-order valence-corrected chi connectivity index (χ2v) is 7.69. The van der Waals surface area contributed by atoms with E-state index in [1.54, 1.807) is 31.6 Å². The first-order valence-electron chi connectivity index (χ1n) is 9.64. The van der Waals surface area contributed by atoms with Gasteiger partial charge in [-0.1, -0.05) is 41.6 Å². The zero-order valence-electron chi connectivity index (χ0n) is 17.1. The van der Waals surface area contributed by atoms with E-state index in [0.29, 0.717) is 22.4 Å². The number of amides is 1. The molecule has 1 amide bonds. The Bertz CT molecular complexity index is 1180. The maximum atomic E-state index is 12.6. The summed E-state index contributed by atoms with van der Waals surface area (Å²) < 4.78 is 7.25.